The molecular formula is C13H19N3. The zero-order valence-electron chi connectivity index (χ0n) is 9.66. The van der Waals surface area contributed by atoms with E-state index in [4.69, 9.17) is 11.5 Å². The monoisotopic (exact) mass is 217 g/mol. The minimum atomic E-state index is 0.0831. The van der Waals surface area contributed by atoms with E-state index in [-0.39, 0.29) is 6.04 Å². The molecule has 0 bridgehead atoms. The smallest absolute Gasteiger partial charge is 0.0459 e. The lowest BCUT2D eigenvalue weighted by molar-refractivity contribution is 0.618. The van der Waals surface area contributed by atoms with Gasteiger partial charge in [-0.05, 0) is 37.9 Å². The van der Waals surface area contributed by atoms with Gasteiger partial charge in [0.15, 0.2) is 0 Å². The van der Waals surface area contributed by atoms with Gasteiger partial charge in [-0.25, -0.2) is 0 Å². The predicted octanol–water partition coefficient (Wildman–Crippen LogP) is 2.22. The van der Waals surface area contributed by atoms with Gasteiger partial charge in [-0.15, -0.1) is 0 Å². The summed E-state index contributed by atoms with van der Waals surface area (Å²) in [6.45, 7) is 2.78. The third-order valence-electron chi connectivity index (χ3n) is 3.03. The van der Waals surface area contributed by atoms with Gasteiger partial charge in [0, 0.05) is 22.6 Å². The Bertz CT molecular complexity index is 473. The molecule has 16 heavy (non-hydrogen) atoms. The minimum Gasteiger partial charge on any atom is -0.358 e. The van der Waals surface area contributed by atoms with Crippen molar-refractivity contribution in [3.63, 3.8) is 0 Å². The van der Waals surface area contributed by atoms with Crippen LogP contribution in [0.5, 0.6) is 0 Å². The van der Waals surface area contributed by atoms with E-state index in [1.54, 1.807) is 0 Å². The Labute approximate surface area is 95.8 Å². The number of H-pyrrole nitrogens is 1. The number of hydrogen-bond donors (Lipinski definition) is 3. The van der Waals surface area contributed by atoms with Crippen LogP contribution in [0, 0.1) is 6.92 Å². The second-order valence-corrected chi connectivity index (χ2v) is 4.25. The summed E-state index contributed by atoms with van der Waals surface area (Å²) in [5, 5.41) is 1.24. The fourth-order valence-corrected chi connectivity index (χ4v) is 2.26. The molecule has 0 fully saturated rings. The maximum absolute atomic E-state index is 6.22. The molecule has 2 aromatic rings. The largest absolute Gasteiger partial charge is 0.358 e. The molecule has 0 aliphatic heterocycles. The first-order chi connectivity index (χ1) is 7.74. The van der Waals surface area contributed by atoms with Crippen molar-refractivity contribution in [3.05, 3.63) is 35.5 Å². The van der Waals surface area contributed by atoms with Gasteiger partial charge in [0.1, 0.15) is 0 Å². The molecule has 0 radical (unpaired) electrons. The molecule has 2 rings (SSSR count). The van der Waals surface area contributed by atoms with Crippen LogP contribution >= 0.6 is 0 Å². The summed E-state index contributed by atoms with van der Waals surface area (Å²) in [5.74, 6) is 0. The summed E-state index contributed by atoms with van der Waals surface area (Å²) in [5.41, 5.74) is 15.3. The molecule has 0 unspecified atom stereocenters. The molecular weight excluding hydrogens is 198 g/mol. The molecule has 1 aromatic heterocycles. The van der Waals surface area contributed by atoms with Crippen molar-refractivity contribution >= 4 is 10.9 Å². The highest BCUT2D eigenvalue weighted by molar-refractivity contribution is 5.85. The van der Waals surface area contributed by atoms with Crippen molar-refractivity contribution in [1.82, 2.24) is 4.98 Å². The van der Waals surface area contributed by atoms with E-state index in [1.165, 1.54) is 16.6 Å². The number of nitrogens with two attached hydrogens (primary N) is 2. The summed E-state index contributed by atoms with van der Waals surface area (Å²) >= 11 is 0. The van der Waals surface area contributed by atoms with E-state index in [2.05, 4.69) is 30.1 Å². The van der Waals surface area contributed by atoms with E-state index in [0.717, 1.165) is 18.4 Å². The number of fused-ring (bicyclic) bond motifs is 1. The van der Waals surface area contributed by atoms with Gasteiger partial charge < -0.3 is 16.5 Å². The van der Waals surface area contributed by atoms with Crippen molar-refractivity contribution in [2.24, 2.45) is 11.5 Å². The Hall–Kier alpha value is -1.32. The standard InChI is InChI=1S/C13H19N3/c1-9-13(11(15)6-4-8-14)10-5-2-3-7-12(10)16-9/h2-3,5,7,11,16H,4,6,8,14-15H2,1H3/t11-/m1/s1. The molecule has 0 saturated heterocycles. The van der Waals surface area contributed by atoms with Gasteiger partial charge in [0.2, 0.25) is 0 Å². The zero-order chi connectivity index (χ0) is 11.5. The first-order valence-electron chi connectivity index (χ1n) is 5.77. The van der Waals surface area contributed by atoms with Crippen molar-refractivity contribution in [2.45, 2.75) is 25.8 Å². The molecule has 1 atom stereocenters. The normalized spacial score (nSPS) is 13.2. The number of benzene rings is 1. The minimum absolute atomic E-state index is 0.0831. The summed E-state index contributed by atoms with van der Waals surface area (Å²) in [6, 6.07) is 8.37. The third kappa shape index (κ3) is 1.96. The molecule has 0 saturated carbocycles. The van der Waals surface area contributed by atoms with Crippen LogP contribution in [-0.4, -0.2) is 11.5 Å². The Balaban J connectivity index is 2.38. The summed E-state index contributed by atoms with van der Waals surface area (Å²) in [7, 11) is 0. The van der Waals surface area contributed by atoms with Crippen molar-refractivity contribution < 1.29 is 0 Å². The van der Waals surface area contributed by atoms with E-state index in [9.17, 15) is 0 Å². The predicted molar refractivity (Wildman–Crippen MR) is 68.3 cm³/mol. The molecule has 0 aliphatic rings. The number of para-hydroxylation sites is 1. The lowest BCUT2D eigenvalue weighted by Gasteiger charge is -2.11. The summed E-state index contributed by atoms with van der Waals surface area (Å²) in [6.07, 6.45) is 1.92. The molecule has 5 N–H and O–H groups in total. The van der Waals surface area contributed by atoms with Gasteiger partial charge in [-0.3, -0.25) is 0 Å². The van der Waals surface area contributed by atoms with Crippen LogP contribution in [0.4, 0.5) is 0 Å². The van der Waals surface area contributed by atoms with Crippen LogP contribution in [0.1, 0.15) is 30.1 Å². The summed E-state index contributed by atoms with van der Waals surface area (Å²) in [4.78, 5) is 3.37. The van der Waals surface area contributed by atoms with Crippen LogP contribution in [0.3, 0.4) is 0 Å². The number of nitrogens with one attached hydrogen (secondary N) is 1. The van der Waals surface area contributed by atoms with E-state index in [1.807, 2.05) is 6.07 Å². The van der Waals surface area contributed by atoms with Crippen LogP contribution in [0.15, 0.2) is 24.3 Å². The second kappa shape index (κ2) is 4.68. The van der Waals surface area contributed by atoms with Gasteiger partial charge in [-0.1, -0.05) is 18.2 Å². The van der Waals surface area contributed by atoms with E-state index < -0.39 is 0 Å². The van der Waals surface area contributed by atoms with Crippen LogP contribution in [0.25, 0.3) is 10.9 Å². The van der Waals surface area contributed by atoms with E-state index in [0.29, 0.717) is 6.54 Å². The van der Waals surface area contributed by atoms with Gasteiger partial charge in [0.25, 0.3) is 0 Å². The molecule has 0 aliphatic carbocycles. The highest BCUT2D eigenvalue weighted by Crippen LogP contribution is 2.28. The van der Waals surface area contributed by atoms with E-state index >= 15 is 0 Å². The Morgan fingerprint density at radius 1 is 1.31 bits per heavy atom. The molecule has 86 valence electrons. The SMILES string of the molecule is Cc1[nH]c2ccccc2c1[C@H](N)CCCN. The number of aromatic nitrogens is 1. The molecule has 3 heteroatoms. The molecule has 0 spiro atoms. The van der Waals surface area contributed by atoms with Crippen molar-refractivity contribution in [1.29, 1.82) is 0 Å². The topological polar surface area (TPSA) is 67.8 Å². The molecule has 1 heterocycles. The third-order valence-corrected chi connectivity index (χ3v) is 3.03. The lowest BCUT2D eigenvalue weighted by atomic mass is 10.00. The number of rotatable bonds is 4. The maximum atomic E-state index is 6.22. The Morgan fingerprint density at radius 2 is 2.06 bits per heavy atom. The van der Waals surface area contributed by atoms with Crippen LogP contribution in [-0.2, 0) is 0 Å². The first kappa shape index (κ1) is 11.2. The second-order valence-electron chi connectivity index (χ2n) is 4.25. The van der Waals surface area contributed by atoms with Crippen molar-refractivity contribution in [2.75, 3.05) is 6.54 Å². The average Bonchev–Trinajstić information content (AvgIpc) is 2.62. The lowest BCUT2D eigenvalue weighted by Crippen LogP contribution is -2.13. The number of hydrogen-bond acceptors (Lipinski definition) is 2. The Morgan fingerprint density at radius 3 is 2.81 bits per heavy atom. The Kier molecular flexibility index (Phi) is 3.27. The van der Waals surface area contributed by atoms with Crippen LogP contribution in [0.2, 0.25) is 0 Å². The number of aromatic amines is 1. The van der Waals surface area contributed by atoms with Gasteiger partial charge in [-0.2, -0.15) is 0 Å². The quantitative estimate of drug-likeness (QED) is 0.735. The maximum Gasteiger partial charge on any atom is 0.0459 e. The number of aryl methyl sites for hydroxylation is 1. The highest BCUT2D eigenvalue weighted by atomic mass is 14.7. The van der Waals surface area contributed by atoms with Crippen LogP contribution < -0.4 is 11.5 Å². The molecule has 3 nitrogen and oxygen atoms in total. The first-order valence-corrected chi connectivity index (χ1v) is 5.77. The highest BCUT2D eigenvalue weighted by Gasteiger charge is 2.14. The van der Waals surface area contributed by atoms with Gasteiger partial charge >= 0.3 is 0 Å². The molecule has 0 amide bonds. The summed E-state index contributed by atoms with van der Waals surface area (Å²) < 4.78 is 0. The average molecular weight is 217 g/mol. The zero-order valence-corrected chi connectivity index (χ0v) is 9.66. The van der Waals surface area contributed by atoms with Gasteiger partial charge in [0.05, 0.1) is 0 Å². The molecule has 1 aromatic carbocycles. The van der Waals surface area contributed by atoms with Crippen molar-refractivity contribution in [3.8, 4) is 0 Å². The fraction of sp³-hybridized carbons (Fsp3) is 0.385. The fourth-order valence-electron chi connectivity index (χ4n) is 2.26.